The van der Waals surface area contributed by atoms with Crippen molar-refractivity contribution in [2.24, 2.45) is 0 Å². The number of nitriles is 1. The Balaban J connectivity index is 1.53. The maximum absolute atomic E-state index is 12.2. The normalized spacial score (nSPS) is 21.2. The number of H-pyrrole nitrogens is 1. The number of carbonyl (C=O) groups excluding carboxylic acids is 1. The van der Waals surface area contributed by atoms with Crippen molar-refractivity contribution in [3.05, 3.63) is 53.6 Å². The summed E-state index contributed by atoms with van der Waals surface area (Å²) in [6.45, 7) is 1.91. The van der Waals surface area contributed by atoms with Gasteiger partial charge in [0.2, 0.25) is 0 Å². The Morgan fingerprint density at radius 2 is 2.46 bits per heavy atom. The quantitative estimate of drug-likeness (QED) is 0.765. The zero-order valence-electron chi connectivity index (χ0n) is 13.1. The molecule has 1 amide bonds. The Kier molecular flexibility index (Phi) is 4.89. The van der Waals surface area contributed by atoms with Crippen LogP contribution in [-0.2, 0) is 6.54 Å². The van der Waals surface area contributed by atoms with Crippen molar-refractivity contribution in [3.8, 4) is 6.07 Å². The molecule has 0 unspecified atom stereocenters. The number of aromatic nitrogens is 2. The first kappa shape index (κ1) is 16.2. The van der Waals surface area contributed by atoms with Gasteiger partial charge in [-0.05, 0) is 30.2 Å². The number of carbonyl (C=O) groups is 1. The predicted octanol–water partition coefficient (Wildman–Crippen LogP) is 0.647. The van der Waals surface area contributed by atoms with Crippen LogP contribution in [0.2, 0.25) is 0 Å². The van der Waals surface area contributed by atoms with Gasteiger partial charge in [0, 0.05) is 38.2 Å². The number of aromatic amines is 1. The summed E-state index contributed by atoms with van der Waals surface area (Å²) in [5.41, 5.74) is 2.03. The van der Waals surface area contributed by atoms with Crippen LogP contribution in [0.25, 0.3) is 0 Å². The SMILES string of the molecule is N#Cc1cc(CN2CC[C@H](NC(=O)c3cccnc3)[C@@H](O)C2)c[nH]1. The summed E-state index contributed by atoms with van der Waals surface area (Å²) in [4.78, 5) is 21.1. The van der Waals surface area contributed by atoms with Crippen LogP contribution in [0, 0.1) is 11.3 Å². The fraction of sp³-hybridized carbons (Fsp3) is 0.353. The maximum atomic E-state index is 12.2. The van der Waals surface area contributed by atoms with Gasteiger partial charge < -0.3 is 15.4 Å². The molecule has 0 spiro atoms. The molecule has 1 fully saturated rings. The molecule has 0 radical (unpaired) electrons. The van der Waals surface area contributed by atoms with Gasteiger partial charge in [0.15, 0.2) is 0 Å². The number of β-amino-alcohol motifs (C(OH)–C–C–N with tert-alkyl or cyclic N) is 1. The lowest BCUT2D eigenvalue weighted by molar-refractivity contribution is 0.0350. The Hall–Kier alpha value is -2.69. The highest BCUT2D eigenvalue weighted by atomic mass is 16.3. The Bertz CT molecular complexity index is 737. The second kappa shape index (κ2) is 7.25. The summed E-state index contributed by atoms with van der Waals surface area (Å²) < 4.78 is 0. The number of likely N-dealkylation sites (tertiary alicyclic amines) is 1. The van der Waals surface area contributed by atoms with Gasteiger partial charge in [-0.2, -0.15) is 5.26 Å². The third-order valence-corrected chi connectivity index (χ3v) is 4.18. The van der Waals surface area contributed by atoms with Gasteiger partial charge in [-0.3, -0.25) is 14.7 Å². The molecule has 3 N–H and O–H groups in total. The second-order valence-corrected chi connectivity index (χ2v) is 5.95. The van der Waals surface area contributed by atoms with Gasteiger partial charge in [0.25, 0.3) is 5.91 Å². The van der Waals surface area contributed by atoms with Gasteiger partial charge in [-0.1, -0.05) is 0 Å². The van der Waals surface area contributed by atoms with E-state index >= 15 is 0 Å². The van der Waals surface area contributed by atoms with E-state index in [0.29, 0.717) is 30.8 Å². The van der Waals surface area contributed by atoms with E-state index in [0.717, 1.165) is 12.1 Å². The molecule has 3 heterocycles. The predicted molar refractivity (Wildman–Crippen MR) is 86.9 cm³/mol. The molecule has 24 heavy (non-hydrogen) atoms. The summed E-state index contributed by atoms with van der Waals surface area (Å²) in [6.07, 6.45) is 4.97. The maximum Gasteiger partial charge on any atom is 0.253 e. The summed E-state index contributed by atoms with van der Waals surface area (Å²) in [6, 6.07) is 7.01. The minimum absolute atomic E-state index is 0.218. The number of hydrogen-bond acceptors (Lipinski definition) is 5. The molecule has 0 aliphatic carbocycles. The summed E-state index contributed by atoms with van der Waals surface area (Å²) in [5.74, 6) is -0.218. The molecule has 2 aromatic heterocycles. The van der Waals surface area contributed by atoms with Crippen LogP contribution < -0.4 is 5.32 Å². The van der Waals surface area contributed by atoms with Gasteiger partial charge in [-0.15, -0.1) is 0 Å². The average molecular weight is 325 g/mol. The highest BCUT2D eigenvalue weighted by molar-refractivity contribution is 5.94. The molecular weight excluding hydrogens is 306 g/mol. The lowest BCUT2D eigenvalue weighted by atomic mass is 10.0. The van der Waals surface area contributed by atoms with Crippen molar-refractivity contribution in [3.63, 3.8) is 0 Å². The first-order valence-electron chi connectivity index (χ1n) is 7.84. The zero-order chi connectivity index (χ0) is 16.9. The van der Waals surface area contributed by atoms with E-state index in [9.17, 15) is 9.90 Å². The van der Waals surface area contributed by atoms with Crippen LogP contribution in [0.4, 0.5) is 0 Å². The van der Waals surface area contributed by atoms with E-state index in [1.165, 1.54) is 6.20 Å². The first-order valence-corrected chi connectivity index (χ1v) is 7.84. The molecule has 124 valence electrons. The summed E-state index contributed by atoms with van der Waals surface area (Å²) in [5, 5.41) is 22.0. The summed E-state index contributed by atoms with van der Waals surface area (Å²) >= 11 is 0. The molecular formula is C17H19N5O2. The Labute approximate surface area is 139 Å². The molecule has 0 bridgehead atoms. The van der Waals surface area contributed by atoms with E-state index in [4.69, 9.17) is 5.26 Å². The number of nitrogens with zero attached hydrogens (tertiary/aromatic N) is 3. The van der Waals surface area contributed by atoms with E-state index in [-0.39, 0.29) is 11.9 Å². The molecule has 1 saturated heterocycles. The topological polar surface area (TPSA) is 105 Å². The first-order chi connectivity index (χ1) is 11.7. The van der Waals surface area contributed by atoms with Crippen LogP contribution in [0.5, 0.6) is 0 Å². The molecule has 0 aromatic carbocycles. The van der Waals surface area contributed by atoms with Gasteiger partial charge in [0.05, 0.1) is 17.7 Å². The van der Waals surface area contributed by atoms with E-state index in [2.05, 4.69) is 26.3 Å². The minimum Gasteiger partial charge on any atom is -0.390 e. The van der Waals surface area contributed by atoms with Crippen molar-refractivity contribution >= 4 is 5.91 Å². The molecule has 2 atom stereocenters. The number of hydrogen-bond donors (Lipinski definition) is 3. The van der Waals surface area contributed by atoms with Gasteiger partial charge in [0.1, 0.15) is 11.8 Å². The summed E-state index contributed by atoms with van der Waals surface area (Å²) in [7, 11) is 0. The molecule has 2 aromatic rings. The largest absolute Gasteiger partial charge is 0.390 e. The number of aliphatic hydroxyl groups is 1. The zero-order valence-corrected chi connectivity index (χ0v) is 13.1. The lowest BCUT2D eigenvalue weighted by Gasteiger charge is -2.36. The van der Waals surface area contributed by atoms with Crippen LogP contribution in [0.3, 0.4) is 0 Å². The number of amides is 1. The molecule has 7 heteroatoms. The molecule has 3 rings (SSSR count). The molecule has 1 aliphatic rings. The standard InChI is InChI=1S/C17H19N5O2/c18-7-14-6-12(8-20-14)10-22-5-3-15(16(23)11-22)21-17(24)13-2-1-4-19-9-13/h1-2,4,6,8-9,15-16,20,23H,3,5,10-11H2,(H,21,24)/t15-,16-/m0/s1. The second-order valence-electron chi connectivity index (χ2n) is 5.95. The number of nitrogens with one attached hydrogen (secondary N) is 2. The van der Waals surface area contributed by atoms with Crippen LogP contribution in [-0.4, -0.2) is 51.1 Å². The average Bonchev–Trinajstić information content (AvgIpc) is 3.05. The van der Waals surface area contributed by atoms with Crippen molar-refractivity contribution in [1.82, 2.24) is 20.2 Å². The van der Waals surface area contributed by atoms with E-state index < -0.39 is 6.10 Å². The monoisotopic (exact) mass is 325 g/mol. The molecule has 7 nitrogen and oxygen atoms in total. The Morgan fingerprint density at radius 1 is 1.58 bits per heavy atom. The van der Waals surface area contributed by atoms with Crippen molar-refractivity contribution < 1.29 is 9.90 Å². The van der Waals surface area contributed by atoms with Crippen molar-refractivity contribution in [1.29, 1.82) is 5.26 Å². The number of piperidine rings is 1. The van der Waals surface area contributed by atoms with Crippen LogP contribution in [0.15, 0.2) is 36.8 Å². The third-order valence-electron chi connectivity index (χ3n) is 4.18. The molecule has 0 saturated carbocycles. The number of rotatable bonds is 4. The van der Waals surface area contributed by atoms with E-state index in [1.54, 1.807) is 24.5 Å². The minimum atomic E-state index is -0.631. The van der Waals surface area contributed by atoms with E-state index in [1.807, 2.05) is 6.07 Å². The van der Waals surface area contributed by atoms with Crippen LogP contribution >= 0.6 is 0 Å². The van der Waals surface area contributed by atoms with Gasteiger partial charge in [-0.25, -0.2) is 0 Å². The highest BCUT2D eigenvalue weighted by Gasteiger charge is 2.29. The highest BCUT2D eigenvalue weighted by Crippen LogP contribution is 2.15. The van der Waals surface area contributed by atoms with Crippen molar-refractivity contribution in [2.45, 2.75) is 25.1 Å². The lowest BCUT2D eigenvalue weighted by Crippen LogP contribution is -2.53. The Morgan fingerprint density at radius 3 is 3.12 bits per heavy atom. The number of pyridine rings is 1. The fourth-order valence-corrected chi connectivity index (χ4v) is 2.91. The smallest absolute Gasteiger partial charge is 0.253 e. The third kappa shape index (κ3) is 3.79. The van der Waals surface area contributed by atoms with Crippen molar-refractivity contribution in [2.75, 3.05) is 13.1 Å². The number of aliphatic hydroxyl groups excluding tert-OH is 1. The van der Waals surface area contributed by atoms with Gasteiger partial charge >= 0.3 is 0 Å². The van der Waals surface area contributed by atoms with Crippen LogP contribution in [0.1, 0.15) is 28.0 Å². The fourth-order valence-electron chi connectivity index (χ4n) is 2.91. The molecule has 1 aliphatic heterocycles.